The molecule has 0 bridgehead atoms. The molecule has 0 amide bonds. The highest BCUT2D eigenvalue weighted by molar-refractivity contribution is 6.70. The van der Waals surface area contributed by atoms with Gasteiger partial charge in [0.2, 0.25) is 0 Å². The Balaban J connectivity index is 4.56. The fourth-order valence-corrected chi connectivity index (χ4v) is 3.36. The molecule has 0 atom stereocenters. The molecule has 0 radical (unpaired) electrons. The largest absolute Gasteiger partial charge is 0.485 e. The van der Waals surface area contributed by atoms with Gasteiger partial charge in [0, 0.05) is 24.9 Å². The van der Waals surface area contributed by atoms with Crippen LogP contribution < -0.4 is 0 Å². The Morgan fingerprint density at radius 3 is 1.40 bits per heavy atom. The smallest absolute Gasteiger partial charge is 0.463 e. The van der Waals surface area contributed by atoms with Crippen LogP contribution in [0, 0.1) is 0 Å². The first-order valence-corrected chi connectivity index (χ1v) is 7.70. The maximum atomic E-state index is 11.2. The van der Waals surface area contributed by atoms with E-state index in [9.17, 15) is 9.59 Å². The average molecular weight is 232 g/mol. The normalized spacial score (nSPS) is 10.9. The van der Waals surface area contributed by atoms with Crippen molar-refractivity contribution in [2.45, 2.75) is 52.6 Å². The SMILES string of the molecule is CCC(=O)O[Si](CC)(CC)OC(=O)CC. The Morgan fingerprint density at radius 1 is 0.867 bits per heavy atom. The van der Waals surface area contributed by atoms with E-state index in [1.807, 2.05) is 13.8 Å². The van der Waals surface area contributed by atoms with Crippen molar-refractivity contribution in [3.8, 4) is 0 Å². The van der Waals surface area contributed by atoms with Gasteiger partial charge in [0.1, 0.15) is 0 Å². The number of rotatable bonds is 6. The van der Waals surface area contributed by atoms with E-state index in [4.69, 9.17) is 8.85 Å². The van der Waals surface area contributed by atoms with E-state index in [1.54, 1.807) is 13.8 Å². The lowest BCUT2D eigenvalue weighted by Crippen LogP contribution is -2.44. The maximum Gasteiger partial charge on any atom is 0.463 e. The summed E-state index contributed by atoms with van der Waals surface area (Å²) in [5, 5.41) is 0. The molecule has 0 aromatic rings. The van der Waals surface area contributed by atoms with Gasteiger partial charge in [-0.15, -0.1) is 0 Å². The lowest BCUT2D eigenvalue weighted by molar-refractivity contribution is -0.141. The average Bonchev–Trinajstić information content (AvgIpc) is 2.27. The summed E-state index contributed by atoms with van der Waals surface area (Å²) in [4.78, 5) is 22.5. The van der Waals surface area contributed by atoms with Crippen LogP contribution in [-0.4, -0.2) is 20.5 Å². The van der Waals surface area contributed by atoms with E-state index in [1.165, 1.54) is 0 Å². The van der Waals surface area contributed by atoms with Crippen LogP contribution in [0.15, 0.2) is 0 Å². The Kier molecular flexibility index (Phi) is 6.23. The lowest BCUT2D eigenvalue weighted by Gasteiger charge is -2.27. The summed E-state index contributed by atoms with van der Waals surface area (Å²) in [7, 11) is -2.61. The zero-order valence-electron chi connectivity index (χ0n) is 9.96. The Hall–Kier alpha value is -0.843. The summed E-state index contributed by atoms with van der Waals surface area (Å²) in [5.41, 5.74) is 0. The Morgan fingerprint density at radius 2 is 1.20 bits per heavy atom. The van der Waals surface area contributed by atoms with E-state index >= 15 is 0 Å². The second-order valence-corrected chi connectivity index (χ2v) is 6.92. The number of hydrogen-bond acceptors (Lipinski definition) is 4. The highest BCUT2D eigenvalue weighted by Crippen LogP contribution is 2.20. The molecule has 0 saturated carbocycles. The van der Waals surface area contributed by atoms with Gasteiger partial charge in [-0.2, -0.15) is 0 Å². The van der Waals surface area contributed by atoms with Gasteiger partial charge < -0.3 is 8.85 Å². The highest BCUT2D eigenvalue weighted by atomic mass is 28.4. The molecule has 0 rings (SSSR count). The third-order valence-corrected chi connectivity index (χ3v) is 5.61. The first-order valence-electron chi connectivity index (χ1n) is 5.47. The molecule has 15 heavy (non-hydrogen) atoms. The van der Waals surface area contributed by atoms with E-state index < -0.39 is 8.56 Å². The van der Waals surface area contributed by atoms with Gasteiger partial charge in [0.05, 0.1) is 0 Å². The molecule has 0 aliphatic rings. The van der Waals surface area contributed by atoms with E-state index in [0.717, 1.165) is 0 Å². The monoisotopic (exact) mass is 232 g/mol. The summed E-state index contributed by atoms with van der Waals surface area (Å²) in [6.07, 6.45) is 0.636. The quantitative estimate of drug-likeness (QED) is 0.660. The summed E-state index contributed by atoms with van der Waals surface area (Å²) >= 11 is 0. The molecular weight excluding hydrogens is 212 g/mol. The predicted molar refractivity (Wildman–Crippen MR) is 59.5 cm³/mol. The summed E-state index contributed by atoms with van der Waals surface area (Å²) in [6.45, 7) is 7.24. The van der Waals surface area contributed by atoms with Gasteiger partial charge in [0.15, 0.2) is 0 Å². The van der Waals surface area contributed by atoms with Crippen LogP contribution >= 0.6 is 0 Å². The number of hydrogen-bond donors (Lipinski definition) is 0. The van der Waals surface area contributed by atoms with Crippen LogP contribution in [0.5, 0.6) is 0 Å². The van der Waals surface area contributed by atoms with Gasteiger partial charge >= 0.3 is 8.56 Å². The predicted octanol–water partition coefficient (Wildman–Crippen LogP) is 2.37. The molecule has 0 spiro atoms. The van der Waals surface area contributed by atoms with Crippen LogP contribution in [-0.2, 0) is 18.4 Å². The van der Waals surface area contributed by atoms with Gasteiger partial charge in [-0.25, -0.2) is 0 Å². The van der Waals surface area contributed by atoms with Crippen LogP contribution in [0.1, 0.15) is 40.5 Å². The molecular formula is C10H20O4Si. The third-order valence-electron chi connectivity index (χ3n) is 2.25. The first kappa shape index (κ1) is 14.2. The second-order valence-electron chi connectivity index (χ2n) is 3.27. The van der Waals surface area contributed by atoms with Crippen LogP contribution in [0.3, 0.4) is 0 Å². The first-order chi connectivity index (χ1) is 7.03. The molecule has 0 aromatic carbocycles. The van der Waals surface area contributed by atoms with Crippen LogP contribution in [0.25, 0.3) is 0 Å². The minimum absolute atomic E-state index is 0.283. The molecule has 0 aliphatic heterocycles. The standard InChI is InChI=1S/C10H20O4Si/c1-5-9(11)13-15(7-3,8-4)14-10(12)6-2/h5-8H2,1-4H3. The van der Waals surface area contributed by atoms with Crippen LogP contribution in [0.4, 0.5) is 0 Å². The third kappa shape index (κ3) is 4.46. The van der Waals surface area contributed by atoms with Crippen molar-refractivity contribution in [3.05, 3.63) is 0 Å². The van der Waals surface area contributed by atoms with Gasteiger partial charge in [-0.1, -0.05) is 27.7 Å². The zero-order chi connectivity index (χ0) is 11.9. The van der Waals surface area contributed by atoms with Crippen molar-refractivity contribution >= 4 is 20.5 Å². The molecule has 0 fully saturated rings. The van der Waals surface area contributed by atoms with Gasteiger partial charge in [-0.3, -0.25) is 9.59 Å². The molecule has 0 N–H and O–H groups in total. The maximum absolute atomic E-state index is 11.2. The number of carbonyl (C=O) groups is 2. The highest BCUT2D eigenvalue weighted by Gasteiger charge is 2.40. The summed E-state index contributed by atoms with van der Waals surface area (Å²) in [6, 6.07) is 1.22. The molecule has 88 valence electrons. The van der Waals surface area contributed by atoms with Crippen molar-refractivity contribution in [3.63, 3.8) is 0 Å². The van der Waals surface area contributed by atoms with Gasteiger partial charge in [0.25, 0.3) is 11.9 Å². The molecule has 0 aliphatic carbocycles. The zero-order valence-corrected chi connectivity index (χ0v) is 11.0. The molecule has 5 heteroatoms. The molecule has 0 aromatic heterocycles. The second kappa shape index (κ2) is 6.61. The minimum Gasteiger partial charge on any atom is -0.485 e. The van der Waals surface area contributed by atoms with Gasteiger partial charge in [-0.05, 0) is 0 Å². The van der Waals surface area contributed by atoms with E-state index in [-0.39, 0.29) is 11.9 Å². The van der Waals surface area contributed by atoms with Crippen molar-refractivity contribution < 1.29 is 18.4 Å². The molecule has 4 nitrogen and oxygen atoms in total. The van der Waals surface area contributed by atoms with E-state index in [2.05, 4.69) is 0 Å². The molecule has 0 saturated heterocycles. The summed E-state index contributed by atoms with van der Waals surface area (Å²) < 4.78 is 10.6. The minimum atomic E-state index is -2.61. The Bertz CT molecular complexity index is 203. The van der Waals surface area contributed by atoms with Crippen molar-refractivity contribution in [1.82, 2.24) is 0 Å². The number of carbonyl (C=O) groups excluding carboxylic acids is 2. The topological polar surface area (TPSA) is 52.6 Å². The fourth-order valence-electron chi connectivity index (χ4n) is 1.12. The van der Waals surface area contributed by atoms with Crippen LogP contribution in [0.2, 0.25) is 12.1 Å². The lowest BCUT2D eigenvalue weighted by atomic mass is 10.5. The van der Waals surface area contributed by atoms with Crippen molar-refractivity contribution in [2.24, 2.45) is 0 Å². The summed E-state index contributed by atoms with van der Waals surface area (Å²) in [5.74, 6) is -0.566. The fraction of sp³-hybridized carbons (Fsp3) is 0.800. The molecule has 0 heterocycles. The van der Waals surface area contributed by atoms with E-state index in [0.29, 0.717) is 24.9 Å². The van der Waals surface area contributed by atoms with Crippen molar-refractivity contribution in [2.75, 3.05) is 0 Å². The van der Waals surface area contributed by atoms with Crippen molar-refractivity contribution in [1.29, 1.82) is 0 Å². The molecule has 0 unspecified atom stereocenters. The Labute approximate surface area is 92.2 Å².